The summed E-state index contributed by atoms with van der Waals surface area (Å²) in [6, 6.07) is 5.49. The molecule has 1 aromatic carbocycles. The van der Waals surface area contributed by atoms with E-state index in [0.717, 1.165) is 18.4 Å². The zero-order valence-corrected chi connectivity index (χ0v) is 15.1. The molecular formula is C19H27N3O2. The van der Waals surface area contributed by atoms with Crippen LogP contribution in [0.5, 0.6) is 0 Å². The zero-order valence-electron chi connectivity index (χ0n) is 15.1. The molecule has 1 aromatic heterocycles. The highest BCUT2D eigenvalue weighted by atomic mass is 16.1. The highest BCUT2D eigenvalue weighted by Gasteiger charge is 2.13. The lowest BCUT2D eigenvalue weighted by Gasteiger charge is -2.14. The normalized spacial score (nSPS) is 12.3. The molecule has 130 valence electrons. The number of fused-ring (bicyclic) bond motifs is 1. The Morgan fingerprint density at radius 1 is 1.29 bits per heavy atom. The first-order valence-electron chi connectivity index (χ1n) is 8.80. The number of nitrogens with one attached hydrogen (secondary N) is 1. The van der Waals surface area contributed by atoms with E-state index in [1.807, 2.05) is 19.9 Å². The van der Waals surface area contributed by atoms with Gasteiger partial charge in [-0.05, 0) is 45.4 Å². The molecule has 0 fully saturated rings. The predicted octanol–water partition coefficient (Wildman–Crippen LogP) is 3.42. The van der Waals surface area contributed by atoms with Gasteiger partial charge in [-0.3, -0.25) is 9.59 Å². The molecule has 1 amide bonds. The maximum Gasteiger partial charge on any atom is 0.272 e. The third-order valence-electron chi connectivity index (χ3n) is 4.31. The highest BCUT2D eigenvalue weighted by Crippen LogP contribution is 2.14. The number of carbonyl (C=O) groups excluding carboxylic acids is 1. The summed E-state index contributed by atoms with van der Waals surface area (Å²) in [5, 5.41) is 3.04. The van der Waals surface area contributed by atoms with E-state index in [-0.39, 0.29) is 17.5 Å². The second-order valence-corrected chi connectivity index (χ2v) is 6.32. The van der Waals surface area contributed by atoms with Gasteiger partial charge in [0.2, 0.25) is 0 Å². The second kappa shape index (κ2) is 8.08. The van der Waals surface area contributed by atoms with Crippen LogP contribution in [0, 0.1) is 6.92 Å². The van der Waals surface area contributed by atoms with Gasteiger partial charge in [0.05, 0.1) is 11.0 Å². The summed E-state index contributed by atoms with van der Waals surface area (Å²) in [6.45, 7) is 8.42. The lowest BCUT2D eigenvalue weighted by Crippen LogP contribution is -2.32. The Bertz CT molecular complexity index is 780. The molecule has 1 heterocycles. The van der Waals surface area contributed by atoms with Crippen molar-refractivity contribution in [2.45, 2.75) is 66.0 Å². The molecule has 0 aliphatic rings. The average molecular weight is 329 g/mol. The molecule has 0 bridgehead atoms. The summed E-state index contributed by atoms with van der Waals surface area (Å²) < 4.78 is 1.69. The standard InChI is InChI=1S/C19H27N3O2/c1-5-7-8-9-13(3)20-18(23)15-10-11-17-16(12-15)21-14(4)19(24)22(17)6-2/h10-13H,5-9H2,1-4H3,(H,20,23). The summed E-state index contributed by atoms with van der Waals surface area (Å²) in [5.74, 6) is -0.0883. The Hall–Kier alpha value is -2.17. The summed E-state index contributed by atoms with van der Waals surface area (Å²) in [4.78, 5) is 28.9. The molecule has 0 aliphatic carbocycles. The first kappa shape index (κ1) is 18.2. The van der Waals surface area contributed by atoms with Crippen LogP contribution in [0.1, 0.15) is 62.5 Å². The lowest BCUT2D eigenvalue weighted by atomic mass is 10.1. The summed E-state index contributed by atoms with van der Waals surface area (Å²) in [7, 11) is 0. The van der Waals surface area contributed by atoms with E-state index in [9.17, 15) is 9.59 Å². The van der Waals surface area contributed by atoms with Gasteiger partial charge in [-0.15, -0.1) is 0 Å². The fourth-order valence-electron chi connectivity index (χ4n) is 2.91. The monoisotopic (exact) mass is 329 g/mol. The van der Waals surface area contributed by atoms with Crippen molar-refractivity contribution in [1.82, 2.24) is 14.9 Å². The SMILES string of the molecule is CCCCCC(C)NC(=O)c1ccc2c(c1)nc(C)c(=O)n2CC. The molecule has 0 saturated carbocycles. The maximum atomic E-state index is 12.4. The van der Waals surface area contributed by atoms with Crippen molar-refractivity contribution in [3.8, 4) is 0 Å². The van der Waals surface area contributed by atoms with Gasteiger partial charge < -0.3 is 9.88 Å². The molecule has 0 radical (unpaired) electrons. The number of hydrogen-bond donors (Lipinski definition) is 1. The van der Waals surface area contributed by atoms with Crippen LogP contribution in [0.4, 0.5) is 0 Å². The molecular weight excluding hydrogens is 302 g/mol. The van der Waals surface area contributed by atoms with Crippen LogP contribution in [0.25, 0.3) is 11.0 Å². The summed E-state index contributed by atoms with van der Waals surface area (Å²) in [6.07, 6.45) is 4.47. The van der Waals surface area contributed by atoms with E-state index in [1.165, 1.54) is 12.8 Å². The predicted molar refractivity (Wildman–Crippen MR) is 97.5 cm³/mol. The number of nitrogens with zero attached hydrogens (tertiary/aromatic N) is 2. The lowest BCUT2D eigenvalue weighted by molar-refractivity contribution is 0.0938. The molecule has 0 spiro atoms. The van der Waals surface area contributed by atoms with Crippen molar-refractivity contribution < 1.29 is 4.79 Å². The van der Waals surface area contributed by atoms with Crippen molar-refractivity contribution in [2.75, 3.05) is 0 Å². The zero-order chi connectivity index (χ0) is 17.7. The van der Waals surface area contributed by atoms with Crippen LogP contribution in [0.15, 0.2) is 23.0 Å². The Balaban J connectivity index is 2.23. The number of aromatic nitrogens is 2. The van der Waals surface area contributed by atoms with E-state index < -0.39 is 0 Å². The molecule has 24 heavy (non-hydrogen) atoms. The van der Waals surface area contributed by atoms with Crippen LogP contribution in [-0.4, -0.2) is 21.5 Å². The second-order valence-electron chi connectivity index (χ2n) is 6.32. The Labute approximate surface area is 143 Å². The molecule has 1 N–H and O–H groups in total. The number of hydrogen-bond acceptors (Lipinski definition) is 3. The van der Waals surface area contributed by atoms with E-state index in [0.29, 0.717) is 23.3 Å². The quantitative estimate of drug-likeness (QED) is 0.792. The van der Waals surface area contributed by atoms with Gasteiger partial charge in [-0.1, -0.05) is 26.2 Å². The highest BCUT2D eigenvalue weighted by molar-refractivity contribution is 5.97. The number of unbranched alkanes of at least 4 members (excludes halogenated alkanes) is 2. The fraction of sp³-hybridized carbons (Fsp3) is 0.526. The topological polar surface area (TPSA) is 64.0 Å². The Morgan fingerprint density at radius 3 is 2.71 bits per heavy atom. The van der Waals surface area contributed by atoms with Crippen molar-refractivity contribution in [3.63, 3.8) is 0 Å². The molecule has 0 saturated heterocycles. The third kappa shape index (κ3) is 4.02. The van der Waals surface area contributed by atoms with E-state index in [1.54, 1.807) is 23.6 Å². The summed E-state index contributed by atoms with van der Waals surface area (Å²) >= 11 is 0. The van der Waals surface area contributed by atoms with Crippen LogP contribution in [0.3, 0.4) is 0 Å². The first-order valence-corrected chi connectivity index (χ1v) is 8.80. The van der Waals surface area contributed by atoms with Gasteiger partial charge in [0, 0.05) is 18.2 Å². The van der Waals surface area contributed by atoms with E-state index >= 15 is 0 Å². The molecule has 1 atom stereocenters. The molecule has 0 aliphatic heterocycles. The smallest absolute Gasteiger partial charge is 0.272 e. The molecule has 2 rings (SSSR count). The number of benzene rings is 1. The van der Waals surface area contributed by atoms with Gasteiger partial charge in [-0.2, -0.15) is 0 Å². The van der Waals surface area contributed by atoms with Crippen LogP contribution >= 0.6 is 0 Å². The molecule has 2 aromatic rings. The largest absolute Gasteiger partial charge is 0.350 e. The van der Waals surface area contributed by atoms with Gasteiger partial charge in [-0.25, -0.2) is 4.98 Å². The minimum Gasteiger partial charge on any atom is -0.350 e. The number of rotatable bonds is 7. The third-order valence-corrected chi connectivity index (χ3v) is 4.31. The van der Waals surface area contributed by atoms with Crippen molar-refractivity contribution in [3.05, 3.63) is 39.8 Å². The maximum absolute atomic E-state index is 12.4. The minimum absolute atomic E-state index is 0.0771. The van der Waals surface area contributed by atoms with Crippen LogP contribution in [0.2, 0.25) is 0 Å². The number of carbonyl (C=O) groups is 1. The Morgan fingerprint density at radius 2 is 2.04 bits per heavy atom. The number of amides is 1. The minimum atomic E-state index is -0.0883. The van der Waals surface area contributed by atoms with Gasteiger partial charge >= 0.3 is 0 Å². The van der Waals surface area contributed by atoms with Gasteiger partial charge in [0.1, 0.15) is 5.69 Å². The van der Waals surface area contributed by atoms with E-state index in [4.69, 9.17) is 0 Å². The van der Waals surface area contributed by atoms with Gasteiger partial charge in [0.25, 0.3) is 11.5 Å². The molecule has 5 heteroatoms. The average Bonchev–Trinajstić information content (AvgIpc) is 2.56. The van der Waals surface area contributed by atoms with Crippen molar-refractivity contribution in [1.29, 1.82) is 0 Å². The van der Waals surface area contributed by atoms with Crippen LogP contribution in [-0.2, 0) is 6.54 Å². The molecule has 1 unspecified atom stereocenters. The molecule has 5 nitrogen and oxygen atoms in total. The Kier molecular flexibility index (Phi) is 6.12. The van der Waals surface area contributed by atoms with Crippen LogP contribution < -0.4 is 10.9 Å². The first-order chi connectivity index (χ1) is 11.5. The fourth-order valence-corrected chi connectivity index (χ4v) is 2.91. The van der Waals surface area contributed by atoms with Crippen molar-refractivity contribution in [2.24, 2.45) is 0 Å². The van der Waals surface area contributed by atoms with E-state index in [2.05, 4.69) is 17.2 Å². The van der Waals surface area contributed by atoms with Crippen molar-refractivity contribution >= 4 is 16.9 Å². The number of aryl methyl sites for hydroxylation is 2. The summed E-state index contributed by atoms with van der Waals surface area (Å²) in [5.41, 5.74) is 2.40. The van der Waals surface area contributed by atoms with Gasteiger partial charge in [0.15, 0.2) is 0 Å².